The Morgan fingerprint density at radius 1 is 0.875 bits per heavy atom. The van der Waals surface area contributed by atoms with E-state index >= 15 is 0 Å². The molecule has 0 radical (unpaired) electrons. The maximum absolute atomic E-state index is 10.3. The molecule has 10 heteroatoms. The molecule has 9 nitrogen and oxygen atoms in total. The van der Waals surface area contributed by atoms with E-state index in [0.717, 1.165) is 0 Å². The first-order valence-electron chi connectivity index (χ1n) is 3.17. The van der Waals surface area contributed by atoms with Gasteiger partial charge in [-0.3, -0.25) is 9.59 Å². The van der Waals surface area contributed by atoms with E-state index in [1.165, 1.54) is 0 Å². The molecular formula is C6H8O9Ti. The van der Waals surface area contributed by atoms with Crippen molar-refractivity contribution in [2.45, 2.75) is 18.4 Å². The van der Waals surface area contributed by atoms with E-state index in [2.05, 4.69) is 0 Å². The van der Waals surface area contributed by atoms with Crippen LogP contribution in [-0.4, -0.2) is 43.9 Å². The van der Waals surface area contributed by atoms with Gasteiger partial charge >= 0.3 is 39.6 Å². The smallest absolute Gasteiger partial charge is 2.00 e. The van der Waals surface area contributed by atoms with Crippen molar-refractivity contribution >= 4 is 17.9 Å². The minimum absolute atomic E-state index is 0. The molecule has 0 aliphatic rings. The number of carboxylic acid groups (broad SMARTS) is 3. The average Bonchev–Trinajstić information content (AvgIpc) is 1.82. The third-order valence-corrected chi connectivity index (χ3v) is 1.29. The Morgan fingerprint density at radius 3 is 1.25 bits per heavy atom. The summed E-state index contributed by atoms with van der Waals surface area (Å²) in [5, 5.41) is 33.8. The van der Waals surface area contributed by atoms with Crippen LogP contribution in [-0.2, 0) is 47.1 Å². The second-order valence-corrected chi connectivity index (χ2v) is 2.48. The predicted molar refractivity (Wildman–Crippen MR) is 38.5 cm³/mol. The van der Waals surface area contributed by atoms with E-state index in [1.807, 2.05) is 0 Å². The van der Waals surface area contributed by atoms with Crippen molar-refractivity contribution in [2.24, 2.45) is 0 Å². The standard InChI is InChI=1S/C6H8O7.2O.Ti/c7-3(8)1-6(13,5(11)12)2-4(9)10;;;/h13H,1-2H2,(H,7,8)(H,9,10)(H,11,12);;;/q;2*-2;+4. The van der Waals surface area contributed by atoms with Crippen LogP contribution in [0.25, 0.3) is 0 Å². The van der Waals surface area contributed by atoms with Gasteiger partial charge in [0.25, 0.3) is 0 Å². The topological polar surface area (TPSA) is 189 Å². The summed E-state index contributed by atoms with van der Waals surface area (Å²) in [6.45, 7) is 0. The number of hydrogen-bond donors (Lipinski definition) is 4. The van der Waals surface area contributed by atoms with Crippen molar-refractivity contribution in [2.75, 3.05) is 0 Å². The van der Waals surface area contributed by atoms with Gasteiger partial charge in [-0.05, 0) is 0 Å². The summed E-state index contributed by atoms with van der Waals surface area (Å²) in [5.41, 5.74) is -2.74. The molecule has 0 aliphatic carbocycles. The first-order valence-corrected chi connectivity index (χ1v) is 3.17. The van der Waals surface area contributed by atoms with Crippen molar-refractivity contribution in [1.29, 1.82) is 0 Å². The number of aliphatic hydroxyl groups is 1. The number of aliphatic carboxylic acids is 3. The Bertz CT molecular complexity index is 234. The molecule has 0 saturated carbocycles. The Balaban J connectivity index is -0.000000240. The van der Waals surface area contributed by atoms with Gasteiger partial charge < -0.3 is 31.4 Å². The molecule has 0 heterocycles. The van der Waals surface area contributed by atoms with E-state index in [9.17, 15) is 14.4 Å². The quantitative estimate of drug-likeness (QED) is 0.438. The van der Waals surface area contributed by atoms with Crippen LogP contribution in [0, 0.1) is 0 Å². The number of hydrogen-bond acceptors (Lipinski definition) is 4. The molecule has 0 aliphatic heterocycles. The SMILES string of the molecule is O=C(O)CC(O)(CC(=O)O)C(=O)O.[O-2].[O-2].[Ti+4]. The molecule has 4 N–H and O–H groups in total. The maximum atomic E-state index is 10.3. The van der Waals surface area contributed by atoms with Gasteiger partial charge in [0.2, 0.25) is 0 Å². The van der Waals surface area contributed by atoms with Crippen LogP contribution in [0.4, 0.5) is 0 Å². The minimum atomic E-state index is -2.74. The van der Waals surface area contributed by atoms with E-state index in [1.54, 1.807) is 0 Å². The van der Waals surface area contributed by atoms with Gasteiger partial charge in [-0.2, -0.15) is 0 Å². The summed E-state index contributed by atoms with van der Waals surface area (Å²) in [4.78, 5) is 30.5. The number of rotatable bonds is 5. The molecule has 0 aromatic rings. The summed E-state index contributed by atoms with van der Waals surface area (Å²) in [6, 6.07) is 0. The third kappa shape index (κ3) is 8.32. The van der Waals surface area contributed by atoms with Crippen LogP contribution in [0.1, 0.15) is 12.8 Å². The van der Waals surface area contributed by atoms with Crippen molar-refractivity contribution in [3.8, 4) is 0 Å². The molecule has 0 aromatic heterocycles. The molecule has 0 fully saturated rings. The van der Waals surface area contributed by atoms with Crippen molar-refractivity contribution in [1.82, 2.24) is 0 Å². The van der Waals surface area contributed by atoms with Gasteiger partial charge in [-0.25, -0.2) is 4.79 Å². The second-order valence-electron chi connectivity index (χ2n) is 2.48. The van der Waals surface area contributed by atoms with Gasteiger partial charge in [-0.1, -0.05) is 0 Å². The third-order valence-electron chi connectivity index (χ3n) is 1.29. The van der Waals surface area contributed by atoms with Gasteiger partial charge in [0.1, 0.15) is 0 Å². The van der Waals surface area contributed by atoms with Crippen LogP contribution >= 0.6 is 0 Å². The van der Waals surface area contributed by atoms with E-state index < -0.39 is 36.4 Å². The first kappa shape index (κ1) is 24.3. The van der Waals surface area contributed by atoms with Crippen molar-refractivity contribution in [3.63, 3.8) is 0 Å². The first-order chi connectivity index (χ1) is 5.78. The molecule has 0 spiro atoms. The number of carbonyl (C=O) groups is 3. The molecule has 0 atom stereocenters. The molecule has 0 unspecified atom stereocenters. The molecule has 0 aromatic carbocycles. The van der Waals surface area contributed by atoms with Gasteiger partial charge in [0, 0.05) is 0 Å². The minimum Gasteiger partial charge on any atom is -2.00 e. The predicted octanol–water partition coefficient (Wildman–Crippen LogP) is -1.49. The monoisotopic (exact) mass is 272 g/mol. The molecular weight excluding hydrogens is 264 g/mol. The fraction of sp³-hybridized carbons (Fsp3) is 0.500. The van der Waals surface area contributed by atoms with Gasteiger partial charge in [-0.15, -0.1) is 0 Å². The maximum Gasteiger partial charge on any atom is 4.00 e. The van der Waals surface area contributed by atoms with Crippen molar-refractivity contribution in [3.05, 3.63) is 0 Å². The van der Waals surface area contributed by atoms with Crippen LogP contribution < -0.4 is 0 Å². The van der Waals surface area contributed by atoms with Crippen LogP contribution in [0.3, 0.4) is 0 Å². The largest absolute Gasteiger partial charge is 4.00 e. The molecule has 16 heavy (non-hydrogen) atoms. The summed E-state index contributed by atoms with van der Waals surface area (Å²) in [5.74, 6) is -5.02. The van der Waals surface area contributed by atoms with E-state index in [-0.39, 0.29) is 32.7 Å². The summed E-state index contributed by atoms with van der Waals surface area (Å²) in [7, 11) is 0. The zero-order valence-corrected chi connectivity index (χ0v) is 9.31. The Morgan fingerprint density at radius 2 is 1.12 bits per heavy atom. The normalized spacial score (nSPS) is 8.81. The number of carboxylic acids is 3. The Labute approximate surface area is 104 Å². The zero-order valence-electron chi connectivity index (χ0n) is 7.74. The zero-order chi connectivity index (χ0) is 10.6. The summed E-state index contributed by atoms with van der Waals surface area (Å²) in [6.07, 6.45) is -2.29. The van der Waals surface area contributed by atoms with Crippen LogP contribution in [0.5, 0.6) is 0 Å². The van der Waals surface area contributed by atoms with E-state index in [0.29, 0.717) is 0 Å². The Hall–Kier alpha value is -0.996. The molecule has 0 bridgehead atoms. The average molecular weight is 272 g/mol. The summed E-state index contributed by atoms with van der Waals surface area (Å²) < 4.78 is 0. The van der Waals surface area contributed by atoms with Crippen LogP contribution in [0.15, 0.2) is 0 Å². The van der Waals surface area contributed by atoms with Crippen molar-refractivity contribution < 1.29 is 67.5 Å². The molecule has 0 saturated heterocycles. The van der Waals surface area contributed by atoms with Gasteiger partial charge in [0.15, 0.2) is 5.60 Å². The molecule has 0 amide bonds. The van der Waals surface area contributed by atoms with E-state index in [4.69, 9.17) is 20.4 Å². The fourth-order valence-corrected chi connectivity index (χ4v) is 0.714. The molecule has 0 rings (SSSR count). The second kappa shape index (κ2) is 9.25. The fourth-order valence-electron chi connectivity index (χ4n) is 0.714. The van der Waals surface area contributed by atoms with Crippen LogP contribution in [0.2, 0.25) is 0 Å². The Kier molecular flexibility index (Phi) is 14.0. The summed E-state index contributed by atoms with van der Waals surface area (Å²) >= 11 is 0. The molecule has 90 valence electrons. The van der Waals surface area contributed by atoms with Gasteiger partial charge in [0.05, 0.1) is 12.8 Å².